The molecule has 0 bridgehead atoms. The smallest absolute Gasteiger partial charge is 0.222 e. The number of hydrogen-bond donors (Lipinski definition) is 0. The summed E-state index contributed by atoms with van der Waals surface area (Å²) < 4.78 is 6.46. The molecule has 0 radical (unpaired) electrons. The van der Waals surface area contributed by atoms with Crippen molar-refractivity contribution in [1.82, 2.24) is 4.90 Å². The third-order valence-corrected chi connectivity index (χ3v) is 9.71. The Bertz CT molecular complexity index is 778. The minimum atomic E-state index is 0.291. The number of hydrogen-bond acceptors (Lipinski definition) is 2. The van der Waals surface area contributed by atoms with E-state index in [0.717, 1.165) is 36.3 Å². The van der Waals surface area contributed by atoms with Crippen LogP contribution in [0.25, 0.3) is 0 Å². The van der Waals surface area contributed by atoms with E-state index in [4.69, 9.17) is 4.74 Å². The van der Waals surface area contributed by atoms with Crippen molar-refractivity contribution in [2.45, 2.75) is 77.9 Å². The average molecular weight is 396 g/mol. The van der Waals surface area contributed by atoms with Gasteiger partial charge in [0, 0.05) is 19.5 Å². The molecule has 0 N–H and O–H groups in total. The van der Waals surface area contributed by atoms with Crippen LogP contribution in [0, 0.1) is 34.5 Å². The Hall–Kier alpha value is -1.51. The Kier molecular flexibility index (Phi) is 4.53. The molecule has 3 saturated carbocycles. The molecule has 3 heteroatoms. The van der Waals surface area contributed by atoms with Crippen LogP contribution in [0.5, 0.6) is 5.75 Å². The number of amides is 1. The van der Waals surface area contributed by atoms with Crippen LogP contribution < -0.4 is 4.74 Å². The van der Waals surface area contributed by atoms with Gasteiger partial charge in [0.25, 0.3) is 0 Å². The third-order valence-electron chi connectivity index (χ3n) is 9.71. The van der Waals surface area contributed by atoms with Crippen molar-refractivity contribution in [1.29, 1.82) is 0 Å². The quantitative estimate of drug-likeness (QED) is 0.658. The van der Waals surface area contributed by atoms with E-state index in [1.54, 1.807) is 0 Å². The largest absolute Gasteiger partial charge is 0.490 e. The minimum absolute atomic E-state index is 0.291. The first-order valence-electron chi connectivity index (χ1n) is 11.8. The van der Waals surface area contributed by atoms with E-state index >= 15 is 0 Å². The third kappa shape index (κ3) is 2.94. The lowest BCUT2D eigenvalue weighted by Gasteiger charge is -2.63. The second kappa shape index (κ2) is 6.75. The van der Waals surface area contributed by atoms with Crippen LogP contribution in [0.4, 0.5) is 0 Å². The molecule has 3 aliphatic carbocycles. The monoisotopic (exact) mass is 395 g/mol. The number of carbonyl (C=O) groups excluding carboxylic acids is 1. The number of nitrogens with zero attached hydrogens (tertiary/aromatic N) is 1. The number of piperidine rings is 1. The Morgan fingerprint density at radius 3 is 2.59 bits per heavy atom. The Morgan fingerprint density at radius 1 is 1.07 bits per heavy atom. The van der Waals surface area contributed by atoms with Gasteiger partial charge in [0.2, 0.25) is 5.91 Å². The van der Waals surface area contributed by atoms with Crippen LogP contribution in [0.2, 0.25) is 0 Å². The second-order valence-corrected chi connectivity index (χ2v) is 11.2. The average Bonchev–Trinajstić information content (AvgIpc) is 3.03. The van der Waals surface area contributed by atoms with E-state index in [9.17, 15) is 4.79 Å². The fourth-order valence-corrected chi connectivity index (χ4v) is 8.24. The van der Waals surface area contributed by atoms with Crippen LogP contribution in [0.1, 0.15) is 65.7 Å². The lowest BCUT2D eigenvalue weighted by Crippen LogP contribution is -2.62. The Balaban J connectivity index is 1.41. The number of likely N-dealkylation sites (tertiary alicyclic amines) is 1. The van der Waals surface area contributed by atoms with Crippen molar-refractivity contribution in [3.05, 3.63) is 30.3 Å². The summed E-state index contributed by atoms with van der Waals surface area (Å²) in [6.07, 6.45) is 8.39. The highest BCUT2D eigenvalue weighted by molar-refractivity contribution is 5.77. The summed E-state index contributed by atoms with van der Waals surface area (Å²) in [7, 11) is 2.06. The van der Waals surface area contributed by atoms with Crippen molar-refractivity contribution < 1.29 is 9.53 Å². The number of benzene rings is 1. The van der Waals surface area contributed by atoms with Gasteiger partial charge in [-0.05, 0) is 85.2 Å². The molecule has 1 aliphatic heterocycles. The van der Waals surface area contributed by atoms with Gasteiger partial charge in [-0.2, -0.15) is 0 Å². The summed E-state index contributed by atoms with van der Waals surface area (Å²) in [5.74, 6) is 4.35. The minimum Gasteiger partial charge on any atom is -0.490 e. The highest BCUT2D eigenvalue weighted by Gasteiger charge is 2.62. The molecule has 29 heavy (non-hydrogen) atoms. The molecule has 1 heterocycles. The van der Waals surface area contributed by atoms with Crippen molar-refractivity contribution in [2.75, 3.05) is 7.05 Å². The molecule has 0 aromatic heterocycles. The van der Waals surface area contributed by atoms with Crippen molar-refractivity contribution in [2.24, 2.45) is 34.5 Å². The number of ether oxygens (including phenoxy) is 1. The van der Waals surface area contributed by atoms with Gasteiger partial charge in [-0.3, -0.25) is 4.79 Å². The molecule has 5 rings (SSSR count). The lowest BCUT2D eigenvalue weighted by molar-refractivity contribution is -0.164. The van der Waals surface area contributed by atoms with Crippen molar-refractivity contribution >= 4 is 5.91 Å². The summed E-state index contributed by atoms with van der Waals surface area (Å²) in [5, 5.41) is 0. The van der Waals surface area contributed by atoms with E-state index < -0.39 is 0 Å². The topological polar surface area (TPSA) is 29.5 Å². The predicted molar refractivity (Wildman–Crippen MR) is 116 cm³/mol. The maximum atomic E-state index is 12.4. The van der Waals surface area contributed by atoms with Gasteiger partial charge in [-0.25, -0.2) is 0 Å². The predicted octanol–water partition coefficient (Wildman–Crippen LogP) is 5.54. The second-order valence-electron chi connectivity index (χ2n) is 11.2. The summed E-state index contributed by atoms with van der Waals surface area (Å²) in [5.41, 5.74) is 0.702. The lowest BCUT2D eigenvalue weighted by atomic mass is 9.45. The normalized spacial score (nSPS) is 46.6. The van der Waals surface area contributed by atoms with Gasteiger partial charge in [-0.15, -0.1) is 0 Å². The first kappa shape index (κ1) is 19.5. The van der Waals surface area contributed by atoms with Crippen LogP contribution in [0.3, 0.4) is 0 Å². The van der Waals surface area contributed by atoms with E-state index in [0.29, 0.717) is 34.8 Å². The molecular weight excluding hydrogens is 358 g/mol. The maximum Gasteiger partial charge on any atom is 0.222 e. The van der Waals surface area contributed by atoms with E-state index in [2.05, 4.69) is 63.1 Å². The molecule has 158 valence electrons. The highest BCUT2D eigenvalue weighted by Crippen LogP contribution is 2.66. The molecular formula is C26H37NO2. The standard InChI is InChI=1S/C26H37NO2/c1-17-14-22-26(3,13-11-23(28)27(22)4)20-10-12-25(2)16-19(15-21(25)24(17)20)29-18-8-6-5-7-9-18/h5-9,17,19-22,24H,10-16H2,1-4H3/t17?,19-,20-,21-,22+,24+,25+,26+/m0/s1. The van der Waals surface area contributed by atoms with Crippen molar-refractivity contribution in [3.63, 3.8) is 0 Å². The maximum absolute atomic E-state index is 12.4. The zero-order valence-electron chi connectivity index (χ0n) is 18.6. The molecule has 1 aromatic carbocycles. The zero-order chi connectivity index (χ0) is 20.4. The molecule has 4 aliphatic rings. The summed E-state index contributed by atoms with van der Waals surface area (Å²) >= 11 is 0. The van der Waals surface area contributed by atoms with Gasteiger partial charge in [0.05, 0.1) is 6.10 Å². The van der Waals surface area contributed by atoms with Crippen LogP contribution >= 0.6 is 0 Å². The van der Waals surface area contributed by atoms with Gasteiger partial charge < -0.3 is 9.64 Å². The first-order chi connectivity index (χ1) is 13.8. The fourth-order valence-electron chi connectivity index (χ4n) is 8.24. The molecule has 0 spiro atoms. The Morgan fingerprint density at radius 2 is 1.83 bits per heavy atom. The number of para-hydroxylation sites is 1. The van der Waals surface area contributed by atoms with Crippen LogP contribution in [-0.4, -0.2) is 30.0 Å². The molecule has 3 nitrogen and oxygen atoms in total. The molecule has 8 atom stereocenters. The Labute approximate surface area is 176 Å². The van der Waals surface area contributed by atoms with Gasteiger partial charge in [-0.1, -0.05) is 39.0 Å². The number of rotatable bonds is 2. The molecule has 1 saturated heterocycles. The molecule has 1 aromatic rings. The summed E-state index contributed by atoms with van der Waals surface area (Å²) in [6.45, 7) is 7.53. The van der Waals surface area contributed by atoms with Gasteiger partial charge in [0.1, 0.15) is 5.75 Å². The molecule has 4 fully saturated rings. The summed E-state index contributed by atoms with van der Waals surface area (Å²) in [4.78, 5) is 14.5. The SMILES string of the molecule is CC1C[C@H]2N(C)C(=O)CC[C@]2(C)[C@H]2CC[C@]3(C)C[C@@H](Oc4ccccc4)C[C@H]3[C@H]12. The number of fused-ring (bicyclic) bond motifs is 5. The molecule has 1 unspecified atom stereocenters. The fraction of sp³-hybridized carbons (Fsp3) is 0.731. The van der Waals surface area contributed by atoms with Gasteiger partial charge in [0.15, 0.2) is 0 Å². The van der Waals surface area contributed by atoms with Gasteiger partial charge >= 0.3 is 0 Å². The van der Waals surface area contributed by atoms with E-state index in [1.807, 2.05) is 0 Å². The van der Waals surface area contributed by atoms with Crippen LogP contribution in [-0.2, 0) is 4.79 Å². The van der Waals surface area contributed by atoms with E-state index in [-0.39, 0.29) is 0 Å². The first-order valence-corrected chi connectivity index (χ1v) is 11.8. The zero-order valence-corrected chi connectivity index (χ0v) is 18.6. The highest BCUT2D eigenvalue weighted by atomic mass is 16.5. The number of carbonyl (C=O) groups is 1. The van der Waals surface area contributed by atoms with Crippen LogP contribution in [0.15, 0.2) is 30.3 Å². The summed E-state index contributed by atoms with van der Waals surface area (Å²) in [6, 6.07) is 10.8. The molecule has 1 amide bonds. The van der Waals surface area contributed by atoms with E-state index in [1.165, 1.54) is 32.1 Å². The van der Waals surface area contributed by atoms with Crippen molar-refractivity contribution in [3.8, 4) is 5.75 Å².